The van der Waals surface area contributed by atoms with Gasteiger partial charge < -0.3 is 15.3 Å². The van der Waals surface area contributed by atoms with E-state index < -0.39 is 0 Å². The van der Waals surface area contributed by atoms with E-state index in [1.54, 1.807) is 0 Å². The molecule has 17 heavy (non-hydrogen) atoms. The van der Waals surface area contributed by atoms with Crippen LogP contribution < -0.4 is 10.2 Å². The molecule has 1 atom stereocenters. The summed E-state index contributed by atoms with van der Waals surface area (Å²) in [6.45, 7) is 3.30. The molecule has 2 N–H and O–H groups in total. The maximum absolute atomic E-state index is 9.29. The fourth-order valence-electron chi connectivity index (χ4n) is 2.59. The van der Waals surface area contributed by atoms with Gasteiger partial charge in [0.25, 0.3) is 0 Å². The van der Waals surface area contributed by atoms with E-state index in [9.17, 15) is 5.11 Å². The van der Waals surface area contributed by atoms with Gasteiger partial charge >= 0.3 is 0 Å². The van der Waals surface area contributed by atoms with Gasteiger partial charge in [-0.05, 0) is 37.4 Å². The number of nitrogens with zero attached hydrogens (tertiary/aromatic N) is 1. The Labute approximate surface area is 103 Å². The lowest BCUT2D eigenvalue weighted by molar-refractivity contribution is 0.208. The molecular weight excluding hydrogens is 212 g/mol. The topological polar surface area (TPSA) is 35.5 Å². The smallest absolute Gasteiger partial charge is 0.0476 e. The number of hydrogen-bond donors (Lipinski definition) is 2. The molecule has 1 unspecified atom stereocenters. The molecule has 0 aromatic heterocycles. The van der Waals surface area contributed by atoms with Crippen LogP contribution >= 0.6 is 0 Å². The molecule has 0 radical (unpaired) electrons. The standard InChI is InChI=1S/C14H22N2O/c1-15-9-13-6-2-3-7-14(13)16-8-4-5-12(10-16)11-17/h2-3,6-7,12,15,17H,4-5,8-11H2,1H3. The summed E-state index contributed by atoms with van der Waals surface area (Å²) >= 11 is 0. The van der Waals surface area contributed by atoms with Crippen molar-refractivity contribution in [2.45, 2.75) is 19.4 Å². The summed E-state index contributed by atoms with van der Waals surface area (Å²) < 4.78 is 0. The van der Waals surface area contributed by atoms with Crippen LogP contribution in [0.1, 0.15) is 18.4 Å². The molecular formula is C14H22N2O. The maximum Gasteiger partial charge on any atom is 0.0476 e. The molecule has 94 valence electrons. The van der Waals surface area contributed by atoms with E-state index in [4.69, 9.17) is 0 Å². The molecule has 0 spiro atoms. The molecule has 1 aliphatic heterocycles. The second-order valence-corrected chi connectivity index (χ2v) is 4.80. The number of aliphatic hydroxyl groups is 1. The molecule has 0 saturated carbocycles. The van der Waals surface area contributed by atoms with Crippen molar-refractivity contribution in [3.63, 3.8) is 0 Å². The fraction of sp³-hybridized carbons (Fsp3) is 0.571. The van der Waals surface area contributed by atoms with Crippen molar-refractivity contribution in [2.24, 2.45) is 5.92 Å². The van der Waals surface area contributed by atoms with Gasteiger partial charge in [0.2, 0.25) is 0 Å². The van der Waals surface area contributed by atoms with Crippen molar-refractivity contribution in [2.75, 3.05) is 31.6 Å². The van der Waals surface area contributed by atoms with E-state index in [1.807, 2.05) is 7.05 Å². The van der Waals surface area contributed by atoms with Gasteiger partial charge in [-0.25, -0.2) is 0 Å². The SMILES string of the molecule is CNCc1ccccc1N1CCCC(CO)C1. The molecule has 0 bridgehead atoms. The van der Waals surface area contributed by atoms with Crippen LogP contribution in [0, 0.1) is 5.92 Å². The molecule has 1 fully saturated rings. The Morgan fingerprint density at radius 3 is 3.00 bits per heavy atom. The lowest BCUT2D eigenvalue weighted by Crippen LogP contribution is -2.37. The first-order chi connectivity index (χ1) is 8.35. The van der Waals surface area contributed by atoms with Gasteiger partial charge in [0.1, 0.15) is 0 Å². The molecule has 0 aliphatic carbocycles. The monoisotopic (exact) mass is 234 g/mol. The van der Waals surface area contributed by atoms with Gasteiger partial charge in [0, 0.05) is 31.9 Å². The van der Waals surface area contributed by atoms with Crippen LogP contribution in [0.15, 0.2) is 24.3 Å². The summed E-state index contributed by atoms with van der Waals surface area (Å²) in [5.74, 6) is 0.436. The van der Waals surface area contributed by atoms with E-state index in [-0.39, 0.29) is 0 Å². The molecule has 1 aliphatic rings. The summed E-state index contributed by atoms with van der Waals surface area (Å²) in [6, 6.07) is 8.54. The summed E-state index contributed by atoms with van der Waals surface area (Å²) in [5.41, 5.74) is 2.66. The van der Waals surface area contributed by atoms with E-state index in [2.05, 4.69) is 34.5 Å². The number of rotatable bonds is 4. The molecule has 1 aromatic rings. The van der Waals surface area contributed by atoms with E-state index in [0.717, 1.165) is 26.1 Å². The van der Waals surface area contributed by atoms with Crippen LogP contribution in [-0.2, 0) is 6.54 Å². The fourth-order valence-corrected chi connectivity index (χ4v) is 2.59. The van der Waals surface area contributed by atoms with Gasteiger partial charge in [0.05, 0.1) is 0 Å². The first-order valence-electron chi connectivity index (χ1n) is 6.43. The average Bonchev–Trinajstić information content (AvgIpc) is 2.40. The summed E-state index contributed by atoms with van der Waals surface area (Å²) in [5, 5.41) is 12.5. The van der Waals surface area contributed by atoms with Crippen LogP contribution in [-0.4, -0.2) is 31.9 Å². The van der Waals surface area contributed by atoms with Crippen molar-refractivity contribution in [3.05, 3.63) is 29.8 Å². The number of piperidine rings is 1. The van der Waals surface area contributed by atoms with Crippen molar-refractivity contribution in [1.29, 1.82) is 0 Å². The molecule has 1 aromatic carbocycles. The first kappa shape index (κ1) is 12.4. The zero-order valence-electron chi connectivity index (χ0n) is 10.5. The van der Waals surface area contributed by atoms with Crippen LogP contribution in [0.2, 0.25) is 0 Å². The van der Waals surface area contributed by atoms with Crippen LogP contribution in [0.3, 0.4) is 0 Å². The largest absolute Gasteiger partial charge is 0.396 e. The summed E-state index contributed by atoms with van der Waals surface area (Å²) in [4.78, 5) is 2.41. The molecule has 1 heterocycles. The Kier molecular flexibility index (Phi) is 4.40. The number of anilines is 1. The molecule has 3 heteroatoms. The summed E-state index contributed by atoms with van der Waals surface area (Å²) in [6.07, 6.45) is 2.33. The quantitative estimate of drug-likeness (QED) is 0.831. The lowest BCUT2D eigenvalue weighted by Gasteiger charge is -2.34. The minimum absolute atomic E-state index is 0.310. The maximum atomic E-state index is 9.29. The lowest BCUT2D eigenvalue weighted by atomic mass is 9.97. The number of para-hydroxylation sites is 1. The van der Waals surface area contributed by atoms with Gasteiger partial charge in [0.15, 0.2) is 0 Å². The van der Waals surface area contributed by atoms with Gasteiger partial charge in [-0.2, -0.15) is 0 Å². The van der Waals surface area contributed by atoms with Gasteiger partial charge in [-0.1, -0.05) is 18.2 Å². The molecule has 2 rings (SSSR count). The Balaban J connectivity index is 2.15. The highest BCUT2D eigenvalue weighted by molar-refractivity contribution is 5.54. The van der Waals surface area contributed by atoms with E-state index in [1.165, 1.54) is 17.7 Å². The normalized spacial score (nSPS) is 20.6. The number of hydrogen-bond acceptors (Lipinski definition) is 3. The molecule has 3 nitrogen and oxygen atoms in total. The van der Waals surface area contributed by atoms with Gasteiger partial charge in [-0.15, -0.1) is 0 Å². The van der Waals surface area contributed by atoms with Crippen LogP contribution in [0.4, 0.5) is 5.69 Å². The van der Waals surface area contributed by atoms with Crippen molar-refractivity contribution in [3.8, 4) is 0 Å². The predicted octanol–water partition coefficient (Wildman–Crippen LogP) is 1.61. The van der Waals surface area contributed by atoms with Crippen LogP contribution in [0.25, 0.3) is 0 Å². The highest BCUT2D eigenvalue weighted by Crippen LogP contribution is 2.26. The average molecular weight is 234 g/mol. The van der Waals surface area contributed by atoms with Crippen LogP contribution in [0.5, 0.6) is 0 Å². The Hall–Kier alpha value is -1.06. The Bertz CT molecular complexity index is 354. The second kappa shape index (κ2) is 6.03. The van der Waals surface area contributed by atoms with Crippen molar-refractivity contribution >= 4 is 5.69 Å². The highest BCUT2D eigenvalue weighted by atomic mass is 16.3. The highest BCUT2D eigenvalue weighted by Gasteiger charge is 2.20. The second-order valence-electron chi connectivity index (χ2n) is 4.80. The summed E-state index contributed by atoms with van der Waals surface area (Å²) in [7, 11) is 1.98. The number of benzene rings is 1. The minimum atomic E-state index is 0.310. The zero-order valence-corrected chi connectivity index (χ0v) is 10.5. The first-order valence-corrected chi connectivity index (χ1v) is 6.43. The third-order valence-corrected chi connectivity index (χ3v) is 3.48. The Morgan fingerprint density at radius 1 is 1.41 bits per heavy atom. The zero-order chi connectivity index (χ0) is 12.1. The van der Waals surface area contributed by atoms with Gasteiger partial charge in [-0.3, -0.25) is 0 Å². The Morgan fingerprint density at radius 2 is 2.24 bits per heavy atom. The third-order valence-electron chi connectivity index (χ3n) is 3.48. The molecule has 1 saturated heterocycles. The van der Waals surface area contributed by atoms with E-state index in [0.29, 0.717) is 12.5 Å². The molecule has 0 amide bonds. The van der Waals surface area contributed by atoms with Crippen molar-refractivity contribution < 1.29 is 5.11 Å². The van der Waals surface area contributed by atoms with Crippen molar-refractivity contribution in [1.82, 2.24) is 5.32 Å². The minimum Gasteiger partial charge on any atom is -0.396 e. The predicted molar refractivity (Wildman–Crippen MR) is 71.2 cm³/mol. The number of aliphatic hydroxyl groups excluding tert-OH is 1. The van der Waals surface area contributed by atoms with E-state index >= 15 is 0 Å². The number of nitrogens with one attached hydrogen (secondary N) is 1. The third kappa shape index (κ3) is 2.99.